The predicted molar refractivity (Wildman–Crippen MR) is 81.5 cm³/mol. The molecule has 0 aromatic heterocycles. The van der Waals surface area contributed by atoms with Crippen LogP contribution in [0, 0.1) is 0 Å². The van der Waals surface area contributed by atoms with Crippen molar-refractivity contribution in [3.8, 4) is 11.5 Å². The molecular weight excluding hydrogens is 252 g/mol. The molecule has 1 aliphatic rings. The molecule has 4 nitrogen and oxygen atoms in total. The van der Waals surface area contributed by atoms with Crippen LogP contribution in [0.1, 0.15) is 32.3 Å². The average molecular weight is 278 g/mol. The molecule has 112 valence electrons. The van der Waals surface area contributed by atoms with Crippen LogP contribution in [-0.2, 0) is 6.42 Å². The zero-order chi connectivity index (χ0) is 14.6. The molecule has 0 aliphatic carbocycles. The highest BCUT2D eigenvalue weighted by Gasteiger charge is 2.20. The predicted octanol–water partition coefficient (Wildman–Crippen LogP) is 2.11. The number of ether oxygens (including phenoxy) is 2. The van der Waals surface area contributed by atoms with Gasteiger partial charge in [0.15, 0.2) is 11.5 Å². The first kappa shape index (κ1) is 15.1. The van der Waals surface area contributed by atoms with Gasteiger partial charge in [-0.3, -0.25) is 0 Å². The third kappa shape index (κ3) is 4.12. The lowest BCUT2D eigenvalue weighted by molar-refractivity contribution is 0.161. The molecule has 0 spiro atoms. The highest BCUT2D eigenvalue weighted by molar-refractivity contribution is 5.47. The molecule has 3 N–H and O–H groups in total. The minimum atomic E-state index is -0.266. The summed E-state index contributed by atoms with van der Waals surface area (Å²) in [7, 11) is 1.69. The second-order valence-corrected chi connectivity index (χ2v) is 6.20. The number of nitrogens with one attached hydrogen (secondary N) is 1. The van der Waals surface area contributed by atoms with E-state index in [0.29, 0.717) is 0 Å². The number of hydrogen-bond acceptors (Lipinski definition) is 4. The van der Waals surface area contributed by atoms with Gasteiger partial charge in [-0.25, -0.2) is 0 Å². The molecule has 1 unspecified atom stereocenters. The third-order valence-corrected chi connectivity index (χ3v) is 3.46. The molecule has 0 amide bonds. The van der Waals surface area contributed by atoms with Crippen molar-refractivity contribution in [2.24, 2.45) is 5.73 Å². The average Bonchev–Trinajstić information content (AvgIpc) is 2.38. The molecule has 1 saturated heterocycles. The smallest absolute Gasteiger partial charge is 0.163 e. The van der Waals surface area contributed by atoms with E-state index in [-0.39, 0.29) is 11.6 Å². The topological polar surface area (TPSA) is 56.5 Å². The first-order chi connectivity index (χ1) is 9.49. The monoisotopic (exact) mass is 278 g/mol. The highest BCUT2D eigenvalue weighted by atomic mass is 16.5. The van der Waals surface area contributed by atoms with Crippen LogP contribution in [0.5, 0.6) is 11.5 Å². The molecule has 1 heterocycles. The maximum atomic E-state index is 6.12. The summed E-state index contributed by atoms with van der Waals surface area (Å²) in [5.41, 5.74) is 6.95. The zero-order valence-electron chi connectivity index (χ0n) is 12.7. The van der Waals surface area contributed by atoms with Crippen molar-refractivity contribution in [3.05, 3.63) is 23.8 Å². The Kier molecular flexibility index (Phi) is 4.89. The lowest BCUT2D eigenvalue weighted by Crippen LogP contribution is -2.37. The highest BCUT2D eigenvalue weighted by Crippen LogP contribution is 2.34. The van der Waals surface area contributed by atoms with Crippen molar-refractivity contribution in [3.63, 3.8) is 0 Å². The van der Waals surface area contributed by atoms with E-state index in [2.05, 4.69) is 11.4 Å². The van der Waals surface area contributed by atoms with E-state index in [0.717, 1.165) is 49.4 Å². The summed E-state index contributed by atoms with van der Waals surface area (Å²) in [6.45, 7) is 6.02. The van der Waals surface area contributed by atoms with Gasteiger partial charge in [-0.05, 0) is 51.3 Å². The molecule has 2 rings (SSSR count). The first-order valence-corrected chi connectivity index (χ1v) is 7.32. The molecule has 0 bridgehead atoms. The fraction of sp³-hybridized carbons (Fsp3) is 0.625. The van der Waals surface area contributed by atoms with Crippen molar-refractivity contribution < 1.29 is 9.47 Å². The van der Waals surface area contributed by atoms with E-state index >= 15 is 0 Å². The fourth-order valence-electron chi connectivity index (χ4n) is 2.62. The van der Waals surface area contributed by atoms with Crippen LogP contribution in [0.15, 0.2) is 18.2 Å². The van der Waals surface area contributed by atoms with Crippen molar-refractivity contribution in [1.82, 2.24) is 5.32 Å². The SMILES string of the molecule is COc1c(CC(C)(C)N)cccc1OC1CCCNC1. The summed E-state index contributed by atoms with van der Waals surface area (Å²) >= 11 is 0. The van der Waals surface area contributed by atoms with Gasteiger partial charge in [-0.15, -0.1) is 0 Å². The van der Waals surface area contributed by atoms with Gasteiger partial charge in [0, 0.05) is 12.1 Å². The Morgan fingerprint density at radius 2 is 2.20 bits per heavy atom. The Labute approximate surface area is 121 Å². The Hall–Kier alpha value is -1.26. The van der Waals surface area contributed by atoms with Crippen LogP contribution in [0.2, 0.25) is 0 Å². The maximum Gasteiger partial charge on any atom is 0.163 e. The van der Waals surface area contributed by atoms with Crippen molar-refractivity contribution in [2.45, 2.75) is 44.8 Å². The zero-order valence-corrected chi connectivity index (χ0v) is 12.7. The van der Waals surface area contributed by atoms with Gasteiger partial charge in [0.05, 0.1) is 7.11 Å². The van der Waals surface area contributed by atoms with E-state index in [9.17, 15) is 0 Å². The molecule has 0 radical (unpaired) electrons. The Bertz CT molecular complexity index is 435. The fourth-order valence-corrected chi connectivity index (χ4v) is 2.62. The molecule has 1 aromatic carbocycles. The molecule has 20 heavy (non-hydrogen) atoms. The second kappa shape index (κ2) is 6.46. The van der Waals surface area contributed by atoms with Crippen molar-refractivity contribution >= 4 is 0 Å². The van der Waals surface area contributed by atoms with Gasteiger partial charge in [-0.2, -0.15) is 0 Å². The van der Waals surface area contributed by atoms with Crippen LogP contribution in [-0.4, -0.2) is 31.8 Å². The standard InChI is InChI=1S/C16H26N2O2/c1-16(2,17)10-12-6-4-8-14(15(12)19-3)20-13-7-5-9-18-11-13/h4,6,8,13,18H,5,7,9-11,17H2,1-3H3. The Morgan fingerprint density at radius 1 is 1.40 bits per heavy atom. The van der Waals surface area contributed by atoms with Crippen LogP contribution in [0.3, 0.4) is 0 Å². The first-order valence-electron chi connectivity index (χ1n) is 7.32. The summed E-state index contributed by atoms with van der Waals surface area (Å²) in [6.07, 6.45) is 3.22. The number of benzene rings is 1. The number of nitrogens with two attached hydrogens (primary N) is 1. The van der Waals surface area contributed by atoms with Crippen molar-refractivity contribution in [1.29, 1.82) is 0 Å². The molecule has 1 aromatic rings. The van der Waals surface area contributed by atoms with E-state index < -0.39 is 0 Å². The molecule has 1 aliphatic heterocycles. The Morgan fingerprint density at radius 3 is 2.80 bits per heavy atom. The maximum absolute atomic E-state index is 6.12. The third-order valence-electron chi connectivity index (χ3n) is 3.46. The molecule has 1 fully saturated rings. The number of rotatable bonds is 5. The van der Waals surface area contributed by atoms with E-state index in [4.69, 9.17) is 15.2 Å². The summed E-state index contributed by atoms with van der Waals surface area (Å²) < 4.78 is 11.7. The van der Waals surface area contributed by atoms with Gasteiger partial charge < -0.3 is 20.5 Å². The van der Waals surface area contributed by atoms with Crippen LogP contribution < -0.4 is 20.5 Å². The summed E-state index contributed by atoms with van der Waals surface area (Å²) in [6, 6.07) is 6.04. The van der Waals surface area contributed by atoms with E-state index in [1.807, 2.05) is 26.0 Å². The molecule has 0 saturated carbocycles. The van der Waals surface area contributed by atoms with Gasteiger partial charge in [0.25, 0.3) is 0 Å². The molecule has 4 heteroatoms. The van der Waals surface area contributed by atoms with E-state index in [1.54, 1.807) is 7.11 Å². The lowest BCUT2D eigenvalue weighted by Gasteiger charge is -2.26. The van der Waals surface area contributed by atoms with Crippen LogP contribution >= 0.6 is 0 Å². The normalized spacial score (nSPS) is 19.7. The van der Waals surface area contributed by atoms with Crippen LogP contribution in [0.4, 0.5) is 0 Å². The number of piperidine rings is 1. The number of para-hydroxylation sites is 1. The summed E-state index contributed by atoms with van der Waals surface area (Å²) in [4.78, 5) is 0. The lowest BCUT2D eigenvalue weighted by atomic mass is 9.95. The minimum Gasteiger partial charge on any atom is -0.493 e. The number of methoxy groups -OCH3 is 1. The van der Waals surface area contributed by atoms with Gasteiger partial charge in [0.1, 0.15) is 6.10 Å². The minimum absolute atomic E-state index is 0.221. The molecular formula is C16H26N2O2. The van der Waals surface area contributed by atoms with Gasteiger partial charge in [0.2, 0.25) is 0 Å². The van der Waals surface area contributed by atoms with Gasteiger partial charge >= 0.3 is 0 Å². The van der Waals surface area contributed by atoms with Gasteiger partial charge in [-0.1, -0.05) is 12.1 Å². The Balaban J connectivity index is 2.17. The van der Waals surface area contributed by atoms with Crippen molar-refractivity contribution in [2.75, 3.05) is 20.2 Å². The summed E-state index contributed by atoms with van der Waals surface area (Å²) in [5, 5.41) is 3.36. The largest absolute Gasteiger partial charge is 0.493 e. The van der Waals surface area contributed by atoms with E-state index in [1.165, 1.54) is 0 Å². The second-order valence-electron chi connectivity index (χ2n) is 6.20. The van der Waals surface area contributed by atoms with Crippen LogP contribution in [0.25, 0.3) is 0 Å². The molecule has 1 atom stereocenters. The number of hydrogen-bond donors (Lipinski definition) is 2. The quantitative estimate of drug-likeness (QED) is 0.866. The summed E-state index contributed by atoms with van der Waals surface area (Å²) in [5.74, 6) is 1.64.